The van der Waals surface area contributed by atoms with Gasteiger partial charge in [0.05, 0.1) is 11.9 Å². The molecule has 0 spiro atoms. The first-order valence-corrected chi connectivity index (χ1v) is 8.13. The molecule has 0 amide bonds. The molecule has 0 aromatic rings. The molecule has 0 heterocycles. The van der Waals surface area contributed by atoms with Crippen LogP contribution in [0.2, 0.25) is 0 Å². The number of hydrogen-bond acceptors (Lipinski definition) is 4. The van der Waals surface area contributed by atoms with Crippen molar-refractivity contribution in [2.24, 2.45) is 0 Å². The minimum absolute atomic E-state index is 0.201. The molecule has 18 heavy (non-hydrogen) atoms. The summed E-state index contributed by atoms with van der Waals surface area (Å²) in [5.74, 6) is 0. The maximum Gasteiger partial charge on any atom is 0.218 e. The van der Waals surface area contributed by atoms with Crippen LogP contribution in [-0.2, 0) is 14.8 Å². The Hall–Kier alpha value is -0.170. The fraction of sp³-hybridized carbons (Fsp3) is 1.00. The molecule has 1 rings (SSSR count). The lowest BCUT2D eigenvalue weighted by Gasteiger charge is -2.26. The maximum absolute atomic E-state index is 12.5. The molecule has 1 N–H and O–H groups in total. The minimum Gasteiger partial charge on any atom is -0.383 e. The van der Waals surface area contributed by atoms with Gasteiger partial charge < -0.3 is 10.1 Å². The smallest absolute Gasteiger partial charge is 0.218 e. The van der Waals surface area contributed by atoms with E-state index in [4.69, 9.17) is 4.74 Å². The van der Waals surface area contributed by atoms with E-state index < -0.39 is 15.3 Å². The third-order valence-corrected chi connectivity index (χ3v) is 5.44. The molecule has 5 nitrogen and oxygen atoms in total. The number of ether oxygens (including phenoxy) is 1. The summed E-state index contributed by atoms with van der Waals surface area (Å²) >= 11 is 0. The van der Waals surface area contributed by atoms with Gasteiger partial charge in [0.25, 0.3) is 0 Å². The van der Waals surface area contributed by atoms with Gasteiger partial charge in [-0.2, -0.15) is 4.31 Å². The zero-order valence-electron chi connectivity index (χ0n) is 11.8. The average molecular weight is 278 g/mol. The molecule has 1 atom stereocenters. The second kappa shape index (κ2) is 6.84. The highest BCUT2D eigenvalue weighted by Gasteiger charge is 2.39. The van der Waals surface area contributed by atoms with Gasteiger partial charge in [0.15, 0.2) is 0 Å². The third kappa shape index (κ3) is 4.50. The molecule has 1 saturated carbocycles. The molecule has 0 radical (unpaired) electrons. The minimum atomic E-state index is -3.21. The topological polar surface area (TPSA) is 58.6 Å². The van der Waals surface area contributed by atoms with Gasteiger partial charge in [-0.15, -0.1) is 0 Å². The van der Waals surface area contributed by atoms with Crippen LogP contribution in [0.4, 0.5) is 0 Å². The molecule has 1 aliphatic rings. The summed E-state index contributed by atoms with van der Waals surface area (Å²) in [4.78, 5) is 0. The third-order valence-electron chi connectivity index (χ3n) is 3.12. The summed E-state index contributed by atoms with van der Waals surface area (Å²) in [5, 5.41) is 2.79. The van der Waals surface area contributed by atoms with Crippen molar-refractivity contribution in [3.8, 4) is 0 Å². The van der Waals surface area contributed by atoms with Crippen molar-refractivity contribution in [2.45, 2.75) is 50.9 Å². The Morgan fingerprint density at radius 2 is 1.94 bits per heavy atom. The highest BCUT2D eigenvalue weighted by molar-refractivity contribution is 7.89. The van der Waals surface area contributed by atoms with Crippen molar-refractivity contribution < 1.29 is 13.2 Å². The Bertz CT molecular complexity index is 339. The predicted molar refractivity (Wildman–Crippen MR) is 73.1 cm³/mol. The van der Waals surface area contributed by atoms with Crippen LogP contribution in [0.15, 0.2) is 0 Å². The first-order valence-electron chi connectivity index (χ1n) is 6.62. The molecule has 1 fully saturated rings. The van der Waals surface area contributed by atoms with Crippen molar-refractivity contribution in [3.63, 3.8) is 0 Å². The van der Waals surface area contributed by atoms with Crippen LogP contribution in [0.5, 0.6) is 0 Å². The highest BCUT2D eigenvalue weighted by Crippen LogP contribution is 2.30. The van der Waals surface area contributed by atoms with E-state index in [0.29, 0.717) is 25.7 Å². The van der Waals surface area contributed by atoms with Gasteiger partial charge >= 0.3 is 0 Å². The van der Waals surface area contributed by atoms with Crippen LogP contribution < -0.4 is 5.32 Å². The van der Waals surface area contributed by atoms with Crippen LogP contribution in [0, 0.1) is 0 Å². The van der Waals surface area contributed by atoms with Crippen LogP contribution >= 0.6 is 0 Å². The predicted octanol–water partition coefficient (Wildman–Crippen LogP) is 0.814. The lowest BCUT2D eigenvalue weighted by atomic mass is 10.3. The van der Waals surface area contributed by atoms with Crippen molar-refractivity contribution in [1.82, 2.24) is 9.62 Å². The largest absolute Gasteiger partial charge is 0.383 e. The molecule has 0 saturated heterocycles. The lowest BCUT2D eigenvalue weighted by Crippen LogP contribution is -2.45. The van der Waals surface area contributed by atoms with Crippen molar-refractivity contribution in [1.29, 1.82) is 0 Å². The Morgan fingerprint density at radius 3 is 2.39 bits per heavy atom. The number of sulfonamides is 1. The van der Waals surface area contributed by atoms with Crippen LogP contribution in [-0.4, -0.2) is 56.9 Å². The number of nitrogens with zero attached hydrogens (tertiary/aromatic N) is 1. The van der Waals surface area contributed by atoms with Gasteiger partial charge in [0, 0.05) is 32.3 Å². The van der Waals surface area contributed by atoms with Gasteiger partial charge in [0.1, 0.15) is 0 Å². The lowest BCUT2D eigenvalue weighted by molar-refractivity contribution is 0.177. The van der Waals surface area contributed by atoms with E-state index in [0.717, 1.165) is 12.8 Å². The SMILES string of the molecule is COCCN(C1CC1)S(=O)(=O)C(C)CNC(C)C. The number of methoxy groups -OCH3 is 1. The fourth-order valence-corrected chi connectivity index (χ4v) is 3.52. The first-order chi connectivity index (χ1) is 8.39. The van der Waals surface area contributed by atoms with Crippen LogP contribution in [0.1, 0.15) is 33.6 Å². The molecule has 0 aliphatic heterocycles. The standard InChI is InChI=1S/C12H26N2O3S/c1-10(2)13-9-11(3)18(15,16)14(7-8-17-4)12-5-6-12/h10-13H,5-9H2,1-4H3. The van der Waals surface area contributed by atoms with E-state index >= 15 is 0 Å². The average Bonchev–Trinajstić information content (AvgIpc) is 3.10. The summed E-state index contributed by atoms with van der Waals surface area (Å²) in [5.41, 5.74) is 0. The summed E-state index contributed by atoms with van der Waals surface area (Å²) in [6.07, 6.45) is 1.96. The summed E-state index contributed by atoms with van der Waals surface area (Å²) in [6.45, 7) is 7.23. The van der Waals surface area contributed by atoms with E-state index in [1.54, 1.807) is 18.3 Å². The summed E-state index contributed by atoms with van der Waals surface area (Å²) in [6, 6.07) is 0.502. The number of hydrogen-bond donors (Lipinski definition) is 1. The van der Waals surface area contributed by atoms with Gasteiger partial charge in [-0.05, 0) is 19.8 Å². The van der Waals surface area contributed by atoms with E-state index in [2.05, 4.69) is 5.32 Å². The first kappa shape index (κ1) is 15.9. The van der Waals surface area contributed by atoms with E-state index in [1.807, 2.05) is 13.8 Å². The van der Waals surface area contributed by atoms with E-state index in [1.165, 1.54) is 0 Å². The van der Waals surface area contributed by atoms with Crippen molar-refractivity contribution >= 4 is 10.0 Å². The summed E-state index contributed by atoms with van der Waals surface area (Å²) in [7, 11) is -1.62. The van der Waals surface area contributed by atoms with E-state index in [-0.39, 0.29) is 6.04 Å². The van der Waals surface area contributed by atoms with Crippen molar-refractivity contribution in [2.75, 3.05) is 26.8 Å². The number of nitrogens with one attached hydrogen (secondary N) is 1. The molecule has 1 aliphatic carbocycles. The second-order valence-corrected chi connectivity index (χ2v) is 7.56. The Morgan fingerprint density at radius 1 is 1.33 bits per heavy atom. The quantitative estimate of drug-likeness (QED) is 0.678. The monoisotopic (exact) mass is 278 g/mol. The fourth-order valence-electron chi connectivity index (χ4n) is 1.80. The number of rotatable bonds is 9. The highest BCUT2D eigenvalue weighted by atomic mass is 32.2. The van der Waals surface area contributed by atoms with Crippen LogP contribution in [0.3, 0.4) is 0 Å². The molecule has 1 unspecified atom stereocenters. The molecular weight excluding hydrogens is 252 g/mol. The summed E-state index contributed by atoms with van der Waals surface area (Å²) < 4.78 is 31.6. The Balaban J connectivity index is 2.62. The molecular formula is C12H26N2O3S. The normalized spacial score (nSPS) is 18.6. The van der Waals surface area contributed by atoms with Gasteiger partial charge in [0.2, 0.25) is 10.0 Å². The van der Waals surface area contributed by atoms with Gasteiger partial charge in [-0.25, -0.2) is 8.42 Å². The zero-order chi connectivity index (χ0) is 13.8. The van der Waals surface area contributed by atoms with Crippen molar-refractivity contribution in [3.05, 3.63) is 0 Å². The Kier molecular flexibility index (Phi) is 6.04. The molecule has 0 bridgehead atoms. The molecule has 6 heteroatoms. The molecule has 108 valence electrons. The molecule has 0 aromatic heterocycles. The maximum atomic E-state index is 12.5. The van der Waals surface area contributed by atoms with Gasteiger partial charge in [-0.1, -0.05) is 13.8 Å². The van der Waals surface area contributed by atoms with E-state index in [9.17, 15) is 8.42 Å². The van der Waals surface area contributed by atoms with Crippen LogP contribution in [0.25, 0.3) is 0 Å². The second-order valence-electron chi connectivity index (χ2n) is 5.25. The molecule has 0 aromatic carbocycles. The zero-order valence-corrected chi connectivity index (χ0v) is 12.7. The van der Waals surface area contributed by atoms with Gasteiger partial charge in [-0.3, -0.25) is 0 Å². The Labute approximate surface area is 111 Å².